The van der Waals surface area contributed by atoms with Crippen molar-refractivity contribution in [2.24, 2.45) is 0 Å². The van der Waals surface area contributed by atoms with Gasteiger partial charge in [0.2, 0.25) is 5.03 Å². The molecule has 0 fully saturated rings. The smallest absolute Gasteiger partial charge is 0.336 e. The average molecular weight is 378 g/mol. The van der Waals surface area contributed by atoms with E-state index in [4.69, 9.17) is 0 Å². The molecule has 8 heteroatoms. The Morgan fingerprint density at radius 2 is 1.74 bits per heavy atom. The third-order valence-corrected chi connectivity index (χ3v) is 5.51. The van der Waals surface area contributed by atoms with E-state index in [2.05, 4.69) is 9.97 Å². The van der Waals surface area contributed by atoms with Crippen LogP contribution < -0.4 is 0 Å². The van der Waals surface area contributed by atoms with E-state index in [9.17, 15) is 22.9 Å². The first-order chi connectivity index (χ1) is 12.9. The molecule has 0 saturated carbocycles. The predicted octanol–water partition coefficient (Wildman–Crippen LogP) is 3.38. The molecular formula is C19H10N2O5S. The molecule has 0 aliphatic heterocycles. The summed E-state index contributed by atoms with van der Waals surface area (Å²) in [6.07, 6.45) is 1.01. The molecule has 27 heavy (non-hydrogen) atoms. The Morgan fingerprint density at radius 1 is 0.963 bits per heavy atom. The van der Waals surface area contributed by atoms with Gasteiger partial charge >= 0.3 is 16.1 Å². The maximum atomic E-state index is 11.6. The number of nitrogens with zero attached hydrogens (tertiary/aromatic N) is 2. The van der Waals surface area contributed by atoms with Crippen molar-refractivity contribution in [2.45, 2.75) is 5.03 Å². The molecule has 0 atom stereocenters. The number of aromatic nitrogens is 2. The molecule has 5 rings (SSSR count). The summed E-state index contributed by atoms with van der Waals surface area (Å²) in [6, 6.07) is 12.2. The van der Waals surface area contributed by atoms with Crippen molar-refractivity contribution in [3.05, 3.63) is 54.2 Å². The van der Waals surface area contributed by atoms with Gasteiger partial charge in [-0.1, -0.05) is 30.3 Å². The van der Waals surface area contributed by atoms with Crippen molar-refractivity contribution < 1.29 is 22.9 Å². The molecule has 4 aromatic rings. The van der Waals surface area contributed by atoms with E-state index >= 15 is 0 Å². The van der Waals surface area contributed by atoms with Crippen LogP contribution in [0.3, 0.4) is 0 Å². The van der Waals surface area contributed by atoms with Crippen molar-refractivity contribution in [1.29, 1.82) is 0 Å². The molecule has 2 N–H and O–H groups in total. The maximum absolute atomic E-state index is 11.6. The van der Waals surface area contributed by atoms with E-state index in [-0.39, 0.29) is 5.56 Å². The van der Waals surface area contributed by atoms with E-state index in [1.54, 1.807) is 30.3 Å². The van der Waals surface area contributed by atoms with Crippen molar-refractivity contribution in [3.8, 4) is 22.3 Å². The second-order valence-electron chi connectivity index (χ2n) is 6.23. The van der Waals surface area contributed by atoms with Gasteiger partial charge < -0.3 is 5.11 Å². The highest BCUT2D eigenvalue weighted by atomic mass is 32.2. The lowest BCUT2D eigenvalue weighted by Gasteiger charge is -2.07. The van der Waals surface area contributed by atoms with Crippen molar-refractivity contribution >= 4 is 37.9 Å². The first kappa shape index (κ1) is 15.9. The highest BCUT2D eigenvalue weighted by Crippen LogP contribution is 2.50. The van der Waals surface area contributed by atoms with Crippen LogP contribution in [0, 0.1) is 0 Å². The fraction of sp³-hybridized carbons (Fsp3) is 0. The fourth-order valence-corrected chi connectivity index (χ4v) is 4.10. The normalized spacial score (nSPS) is 12.5. The third kappa shape index (κ3) is 2.11. The SMILES string of the molecule is O=C(O)c1ccc2c3c(cccc13)-c1c-2ccc2ncc(S(=O)(=O)O)nc12. The highest BCUT2D eigenvalue weighted by molar-refractivity contribution is 7.85. The van der Waals surface area contributed by atoms with Crippen LogP contribution >= 0.6 is 0 Å². The molecule has 132 valence electrons. The summed E-state index contributed by atoms with van der Waals surface area (Å²) in [6.45, 7) is 0. The number of fused-ring (bicyclic) bond motifs is 5. The molecule has 0 radical (unpaired) electrons. The molecule has 0 bridgehead atoms. The molecule has 3 aromatic carbocycles. The molecule has 0 saturated heterocycles. The van der Waals surface area contributed by atoms with E-state index in [1.165, 1.54) is 0 Å². The Kier molecular flexibility index (Phi) is 2.99. The van der Waals surface area contributed by atoms with Crippen molar-refractivity contribution in [3.63, 3.8) is 0 Å². The number of hydrogen-bond acceptors (Lipinski definition) is 5. The van der Waals surface area contributed by atoms with Crippen LogP contribution in [0.2, 0.25) is 0 Å². The summed E-state index contributed by atoms with van der Waals surface area (Å²) >= 11 is 0. The summed E-state index contributed by atoms with van der Waals surface area (Å²) in [4.78, 5) is 19.8. The van der Waals surface area contributed by atoms with Gasteiger partial charge in [0.15, 0.2) is 0 Å². The van der Waals surface area contributed by atoms with Crippen LogP contribution in [-0.4, -0.2) is 34.0 Å². The van der Waals surface area contributed by atoms with E-state index < -0.39 is 21.1 Å². The fourth-order valence-electron chi connectivity index (χ4n) is 3.71. The Labute approximate surface area is 152 Å². The summed E-state index contributed by atoms with van der Waals surface area (Å²) in [5, 5.41) is 10.3. The minimum atomic E-state index is -4.50. The van der Waals surface area contributed by atoms with Crippen LogP contribution in [0.25, 0.3) is 44.1 Å². The number of carboxylic acid groups (broad SMARTS) is 1. The molecule has 0 spiro atoms. The first-order valence-electron chi connectivity index (χ1n) is 7.93. The second kappa shape index (κ2) is 5.09. The molecule has 0 amide bonds. The van der Waals surface area contributed by atoms with Gasteiger partial charge in [0.1, 0.15) is 0 Å². The van der Waals surface area contributed by atoms with Crippen LogP contribution in [0.1, 0.15) is 10.4 Å². The average Bonchev–Trinajstić information content (AvgIpc) is 2.97. The summed E-state index contributed by atoms with van der Waals surface area (Å²) in [7, 11) is -4.50. The lowest BCUT2D eigenvalue weighted by Crippen LogP contribution is -2.03. The second-order valence-corrected chi connectivity index (χ2v) is 7.60. The van der Waals surface area contributed by atoms with Gasteiger partial charge in [-0.3, -0.25) is 9.54 Å². The standard InChI is InChI=1S/C19H10N2O5S/c22-19(23)12-5-4-10-11-6-7-14-18(21-15(8-20-14)27(24,25)26)17(11)13-3-1-2-9(12)16(10)13/h1-8H,(H,22,23)(H,24,25,26). The molecule has 1 aromatic heterocycles. The van der Waals surface area contributed by atoms with Gasteiger partial charge in [-0.2, -0.15) is 8.42 Å². The van der Waals surface area contributed by atoms with Crippen LogP contribution in [-0.2, 0) is 10.1 Å². The quantitative estimate of drug-likeness (QED) is 0.452. The Morgan fingerprint density at radius 3 is 2.48 bits per heavy atom. The monoisotopic (exact) mass is 378 g/mol. The lowest BCUT2D eigenvalue weighted by molar-refractivity contribution is 0.0699. The Bertz CT molecular complexity index is 1430. The predicted molar refractivity (Wildman–Crippen MR) is 98.2 cm³/mol. The number of rotatable bonds is 2. The number of carboxylic acids is 1. The zero-order valence-electron chi connectivity index (χ0n) is 13.5. The van der Waals surface area contributed by atoms with Crippen molar-refractivity contribution in [2.75, 3.05) is 0 Å². The van der Waals surface area contributed by atoms with Crippen LogP contribution in [0.15, 0.2) is 53.7 Å². The number of hydrogen-bond donors (Lipinski definition) is 2. The minimum Gasteiger partial charge on any atom is -0.478 e. The van der Waals surface area contributed by atoms with Crippen molar-refractivity contribution in [1.82, 2.24) is 9.97 Å². The van der Waals surface area contributed by atoms with E-state index in [1.807, 2.05) is 12.1 Å². The number of carbonyl (C=O) groups is 1. The van der Waals surface area contributed by atoms with Gasteiger partial charge in [-0.25, -0.2) is 9.78 Å². The molecule has 1 aliphatic carbocycles. The first-order valence-corrected chi connectivity index (χ1v) is 9.37. The highest BCUT2D eigenvalue weighted by Gasteiger charge is 2.27. The molecule has 1 heterocycles. The molecule has 1 aliphatic rings. The van der Waals surface area contributed by atoms with Crippen LogP contribution in [0.4, 0.5) is 0 Å². The molecule has 7 nitrogen and oxygen atoms in total. The summed E-state index contributed by atoms with van der Waals surface area (Å²) in [5.41, 5.74) is 4.10. The van der Waals surface area contributed by atoms with Gasteiger partial charge in [0, 0.05) is 5.56 Å². The Balaban J connectivity index is 1.95. The molecular weight excluding hydrogens is 368 g/mol. The zero-order valence-corrected chi connectivity index (χ0v) is 14.4. The lowest BCUT2D eigenvalue weighted by atomic mass is 9.98. The van der Waals surface area contributed by atoms with E-state index in [0.29, 0.717) is 22.0 Å². The number of benzene rings is 3. The van der Waals surface area contributed by atoms with Gasteiger partial charge in [0.05, 0.1) is 22.8 Å². The summed E-state index contributed by atoms with van der Waals surface area (Å²) in [5.74, 6) is -1.02. The molecule has 0 unspecified atom stereocenters. The minimum absolute atomic E-state index is 0.192. The number of aromatic carboxylic acids is 1. The van der Waals surface area contributed by atoms with Gasteiger partial charge in [-0.15, -0.1) is 0 Å². The largest absolute Gasteiger partial charge is 0.478 e. The Hall–Kier alpha value is -3.36. The topological polar surface area (TPSA) is 117 Å². The maximum Gasteiger partial charge on any atom is 0.336 e. The van der Waals surface area contributed by atoms with E-state index in [0.717, 1.165) is 28.3 Å². The van der Waals surface area contributed by atoms with Crippen LogP contribution in [0.5, 0.6) is 0 Å². The third-order valence-electron chi connectivity index (χ3n) is 4.79. The summed E-state index contributed by atoms with van der Waals surface area (Å²) < 4.78 is 32.3. The van der Waals surface area contributed by atoms with Gasteiger partial charge in [-0.05, 0) is 39.6 Å². The zero-order chi connectivity index (χ0) is 18.9. The van der Waals surface area contributed by atoms with Gasteiger partial charge in [0.25, 0.3) is 0 Å².